The third kappa shape index (κ3) is 6.54. The molecule has 4 heterocycles. The van der Waals surface area contributed by atoms with Crippen LogP contribution in [0.5, 0.6) is 5.75 Å². The maximum atomic E-state index is 12.5. The number of anilines is 5. The number of aromatic nitrogens is 2. The molecule has 3 fully saturated rings. The van der Waals surface area contributed by atoms with Gasteiger partial charge < -0.3 is 25.0 Å². The second kappa shape index (κ2) is 13.2. The second-order valence-electron chi connectivity index (χ2n) is 10.7. The van der Waals surface area contributed by atoms with E-state index in [1.807, 2.05) is 42.5 Å². The van der Waals surface area contributed by atoms with Gasteiger partial charge in [0.25, 0.3) is 0 Å². The third-order valence-corrected chi connectivity index (χ3v) is 8.34. The van der Waals surface area contributed by atoms with Crippen molar-refractivity contribution in [3.05, 3.63) is 72.0 Å². The number of benzene rings is 2. The summed E-state index contributed by atoms with van der Waals surface area (Å²) in [4.78, 5) is 32.2. The highest BCUT2D eigenvalue weighted by Gasteiger charge is 2.32. The molecule has 6 rings (SSSR count). The largest absolute Gasteiger partial charge is 0.494 e. The van der Waals surface area contributed by atoms with Gasteiger partial charge >= 0.3 is 0 Å². The van der Waals surface area contributed by atoms with Gasteiger partial charge in [0.05, 0.1) is 50.0 Å². The number of halogens is 1. The second-order valence-corrected chi connectivity index (χ2v) is 11.1. The molecular formula is C31H36ClN7O4. The number of nitrogens with one attached hydrogen (secondary N) is 2. The van der Waals surface area contributed by atoms with Gasteiger partial charge in [-0.15, -0.1) is 0 Å². The van der Waals surface area contributed by atoms with E-state index >= 15 is 0 Å². The highest BCUT2D eigenvalue weighted by atomic mass is 35.5. The molecule has 0 bridgehead atoms. The average molecular weight is 606 g/mol. The number of carbonyl (C=O) groups is 1. The topological polar surface area (TPSA) is 104 Å². The number of nitrogens with zero attached hydrogens (tertiary/aromatic N) is 5. The molecule has 2 aromatic carbocycles. The average Bonchev–Trinajstić information content (AvgIpc) is 3.73. The Bertz CT molecular complexity index is 1470. The Labute approximate surface area is 256 Å². The van der Waals surface area contributed by atoms with Crippen LogP contribution < -0.4 is 25.3 Å². The molecule has 0 spiro atoms. The van der Waals surface area contributed by atoms with Crippen molar-refractivity contribution in [3.63, 3.8) is 0 Å². The Balaban J connectivity index is 1.26. The van der Waals surface area contributed by atoms with E-state index in [2.05, 4.69) is 37.0 Å². The Kier molecular flexibility index (Phi) is 8.94. The van der Waals surface area contributed by atoms with Crippen LogP contribution in [0.1, 0.15) is 24.4 Å². The van der Waals surface area contributed by atoms with Crippen molar-refractivity contribution < 1.29 is 19.1 Å². The highest BCUT2D eigenvalue weighted by Crippen LogP contribution is 2.41. The zero-order valence-electron chi connectivity index (χ0n) is 24.2. The normalized spacial score (nSPS) is 20.7. The highest BCUT2D eigenvalue weighted by molar-refractivity contribution is 6.30. The number of morpholine rings is 1. The van der Waals surface area contributed by atoms with Gasteiger partial charge in [-0.05, 0) is 36.3 Å². The van der Waals surface area contributed by atoms with Crippen LogP contribution in [0.3, 0.4) is 0 Å². The minimum Gasteiger partial charge on any atom is -0.494 e. The predicted octanol–water partition coefficient (Wildman–Crippen LogP) is 4.80. The molecule has 3 aromatic rings. The van der Waals surface area contributed by atoms with E-state index in [4.69, 9.17) is 25.9 Å². The number of hydroxylamine groups is 1. The van der Waals surface area contributed by atoms with Gasteiger partial charge in [-0.2, -0.15) is 0 Å². The van der Waals surface area contributed by atoms with E-state index in [0.29, 0.717) is 46.4 Å². The fourth-order valence-corrected chi connectivity index (χ4v) is 6.17. The number of ether oxygens (including phenoxy) is 2. The number of methoxy groups -OCH3 is 1. The minimum atomic E-state index is -0.288. The molecule has 3 saturated heterocycles. The molecule has 0 radical (unpaired) electrons. The van der Waals surface area contributed by atoms with Gasteiger partial charge in [0.1, 0.15) is 17.9 Å². The van der Waals surface area contributed by atoms with Crippen molar-refractivity contribution >= 4 is 46.2 Å². The number of hydrogen-bond acceptors (Lipinski definition) is 10. The first kappa shape index (κ1) is 29.2. The summed E-state index contributed by atoms with van der Waals surface area (Å²) >= 11 is 6.26. The Morgan fingerprint density at radius 2 is 1.95 bits per heavy atom. The van der Waals surface area contributed by atoms with Crippen molar-refractivity contribution in [1.82, 2.24) is 14.9 Å². The fourth-order valence-electron chi connectivity index (χ4n) is 5.97. The van der Waals surface area contributed by atoms with E-state index in [-0.39, 0.29) is 11.9 Å². The summed E-state index contributed by atoms with van der Waals surface area (Å²) < 4.78 is 11.4. The van der Waals surface area contributed by atoms with Crippen molar-refractivity contribution in [2.75, 3.05) is 73.7 Å². The van der Waals surface area contributed by atoms with Crippen LogP contribution in [0.25, 0.3) is 0 Å². The van der Waals surface area contributed by atoms with E-state index in [9.17, 15) is 4.79 Å². The van der Waals surface area contributed by atoms with E-state index in [1.165, 1.54) is 12.4 Å². The van der Waals surface area contributed by atoms with Gasteiger partial charge in [0, 0.05) is 55.8 Å². The Hall–Kier alpha value is -3.90. The van der Waals surface area contributed by atoms with Gasteiger partial charge in [-0.1, -0.05) is 30.3 Å². The zero-order chi connectivity index (χ0) is 29.8. The number of amides is 1. The summed E-state index contributed by atoms with van der Waals surface area (Å²) in [7, 11) is 1.63. The van der Waals surface area contributed by atoms with Gasteiger partial charge in [0.2, 0.25) is 5.91 Å². The molecule has 3 aliphatic heterocycles. The van der Waals surface area contributed by atoms with Crippen LogP contribution in [0.4, 0.5) is 28.7 Å². The summed E-state index contributed by atoms with van der Waals surface area (Å²) in [6.07, 6.45) is 4.60. The summed E-state index contributed by atoms with van der Waals surface area (Å²) in [5, 5.41) is 8.83. The Morgan fingerprint density at radius 3 is 2.74 bits per heavy atom. The maximum Gasteiger partial charge on any atom is 0.247 e. The summed E-state index contributed by atoms with van der Waals surface area (Å²) in [5.74, 6) is 1.49. The van der Waals surface area contributed by atoms with Crippen molar-refractivity contribution in [2.45, 2.75) is 24.9 Å². The van der Waals surface area contributed by atoms with Crippen LogP contribution in [-0.2, 0) is 14.4 Å². The van der Waals surface area contributed by atoms with Crippen LogP contribution in [0.2, 0.25) is 5.02 Å². The first-order chi connectivity index (χ1) is 21.0. The maximum absolute atomic E-state index is 12.5. The fraction of sp³-hybridized carbons (Fsp3) is 0.387. The predicted molar refractivity (Wildman–Crippen MR) is 167 cm³/mol. The summed E-state index contributed by atoms with van der Waals surface area (Å²) in [5.41, 5.74) is 3.25. The van der Waals surface area contributed by atoms with Crippen molar-refractivity contribution in [3.8, 4) is 5.75 Å². The lowest BCUT2D eigenvalue weighted by molar-refractivity contribution is -0.111. The van der Waals surface area contributed by atoms with Crippen LogP contribution in [0, 0.1) is 0 Å². The molecule has 1 amide bonds. The van der Waals surface area contributed by atoms with Gasteiger partial charge in [0.15, 0.2) is 5.82 Å². The lowest BCUT2D eigenvalue weighted by atomic mass is 10.0. The molecule has 3 aliphatic rings. The van der Waals surface area contributed by atoms with Gasteiger partial charge in [-0.3, -0.25) is 14.5 Å². The minimum absolute atomic E-state index is 0.0299. The number of rotatable bonds is 9. The summed E-state index contributed by atoms with van der Waals surface area (Å²) in [6.45, 7) is 9.33. The molecule has 11 nitrogen and oxygen atoms in total. The molecule has 0 unspecified atom stereocenters. The molecular weight excluding hydrogens is 570 g/mol. The monoisotopic (exact) mass is 605 g/mol. The lowest BCUT2D eigenvalue weighted by Gasteiger charge is -2.32. The third-order valence-electron chi connectivity index (χ3n) is 8.11. The SMILES string of the molecule is C=CC(=O)Nc1cc(Nc2cc(N3OCC[C@@H]3c3cccc(Cl)c3)ncn2)c(OC)cc1N1CC[C@@H](N2CCOCC2)C1. The molecule has 0 aliphatic carbocycles. The van der Waals surface area contributed by atoms with Crippen LogP contribution in [0.15, 0.2) is 61.4 Å². The zero-order valence-corrected chi connectivity index (χ0v) is 24.9. The molecule has 1 aromatic heterocycles. The first-order valence-corrected chi connectivity index (χ1v) is 14.9. The van der Waals surface area contributed by atoms with E-state index < -0.39 is 0 Å². The van der Waals surface area contributed by atoms with Crippen molar-refractivity contribution in [1.29, 1.82) is 0 Å². The standard InChI is InChI=1S/C31H36ClN7O4/c1-3-31(40)36-24-16-25(28(41-2)17-27(24)38-9-7-23(19-38)37-10-13-42-14-11-37)35-29-18-30(34-20-33-29)39-26(8-12-43-39)21-5-4-6-22(32)15-21/h3-6,15-18,20,23,26H,1,7-14,19H2,2H3,(H,36,40)(H,33,34,35)/t23-,26-/m1/s1. The van der Waals surface area contributed by atoms with Gasteiger partial charge in [-0.25, -0.2) is 15.0 Å². The molecule has 12 heteroatoms. The van der Waals surface area contributed by atoms with Crippen LogP contribution in [-0.4, -0.2) is 79.9 Å². The van der Waals surface area contributed by atoms with E-state index in [0.717, 1.165) is 63.5 Å². The number of carbonyl (C=O) groups excluding carboxylic acids is 1. The smallest absolute Gasteiger partial charge is 0.247 e. The lowest BCUT2D eigenvalue weighted by Crippen LogP contribution is -2.44. The van der Waals surface area contributed by atoms with E-state index in [1.54, 1.807) is 12.2 Å². The first-order valence-electron chi connectivity index (χ1n) is 14.5. The molecule has 226 valence electrons. The molecule has 0 saturated carbocycles. The number of hydrogen-bond donors (Lipinski definition) is 2. The Morgan fingerprint density at radius 1 is 1.09 bits per heavy atom. The molecule has 2 N–H and O–H groups in total. The van der Waals surface area contributed by atoms with Crippen molar-refractivity contribution in [2.24, 2.45) is 0 Å². The molecule has 2 atom stereocenters. The van der Waals surface area contributed by atoms with Crippen LogP contribution >= 0.6 is 11.6 Å². The molecule has 43 heavy (non-hydrogen) atoms. The summed E-state index contributed by atoms with van der Waals surface area (Å²) in [6, 6.07) is 13.8. The quantitative estimate of drug-likeness (QED) is 0.331.